The standard InChI is InChI=1S/C11H14F3N3O/c1-6(10(18)16-2)17-7-3-4-9(15)8(5-7)11(12,13)14/h3-6,17H,15H2,1-2H3,(H,16,18). The van der Waals surface area contributed by atoms with Gasteiger partial charge in [-0.15, -0.1) is 0 Å². The van der Waals surface area contributed by atoms with E-state index in [0.29, 0.717) is 0 Å². The molecule has 0 heterocycles. The second-order valence-electron chi connectivity index (χ2n) is 3.78. The molecule has 0 fully saturated rings. The van der Waals surface area contributed by atoms with Crippen LogP contribution in [-0.2, 0) is 11.0 Å². The highest BCUT2D eigenvalue weighted by Gasteiger charge is 2.33. The highest BCUT2D eigenvalue weighted by Crippen LogP contribution is 2.35. The van der Waals surface area contributed by atoms with Crippen molar-refractivity contribution in [3.05, 3.63) is 23.8 Å². The smallest absolute Gasteiger partial charge is 0.398 e. The molecule has 0 aliphatic rings. The fraction of sp³-hybridized carbons (Fsp3) is 0.364. The highest BCUT2D eigenvalue weighted by atomic mass is 19.4. The third-order valence-corrected chi connectivity index (χ3v) is 2.38. The molecule has 1 atom stereocenters. The molecule has 4 nitrogen and oxygen atoms in total. The molecular formula is C11H14F3N3O. The van der Waals surface area contributed by atoms with E-state index in [1.807, 2.05) is 0 Å². The maximum atomic E-state index is 12.6. The van der Waals surface area contributed by atoms with E-state index in [-0.39, 0.29) is 17.3 Å². The molecule has 0 aliphatic heterocycles. The molecule has 1 rings (SSSR count). The topological polar surface area (TPSA) is 67.2 Å². The average Bonchev–Trinajstić information content (AvgIpc) is 2.29. The summed E-state index contributed by atoms with van der Waals surface area (Å²) in [6.07, 6.45) is -4.52. The number of likely N-dealkylation sites (N-methyl/N-ethyl adjacent to an activating group) is 1. The maximum Gasteiger partial charge on any atom is 0.418 e. The Kier molecular flexibility index (Phi) is 4.05. The predicted molar refractivity (Wildman–Crippen MR) is 63.0 cm³/mol. The summed E-state index contributed by atoms with van der Waals surface area (Å²) in [6, 6.07) is 2.79. The van der Waals surface area contributed by atoms with Crippen molar-refractivity contribution in [1.82, 2.24) is 5.32 Å². The third kappa shape index (κ3) is 3.28. The molecule has 0 aliphatic carbocycles. The minimum absolute atomic E-state index is 0.188. The van der Waals surface area contributed by atoms with Gasteiger partial charge in [0.25, 0.3) is 0 Å². The van der Waals surface area contributed by atoms with Crippen LogP contribution in [0.1, 0.15) is 12.5 Å². The van der Waals surface area contributed by atoms with Crippen LogP contribution in [0.3, 0.4) is 0 Å². The summed E-state index contributed by atoms with van der Waals surface area (Å²) in [5.74, 6) is -0.319. The van der Waals surface area contributed by atoms with E-state index in [0.717, 1.165) is 12.1 Å². The Morgan fingerprint density at radius 1 is 1.39 bits per heavy atom. The van der Waals surface area contributed by atoms with Crippen LogP contribution < -0.4 is 16.4 Å². The second kappa shape index (κ2) is 5.16. The van der Waals surface area contributed by atoms with Gasteiger partial charge in [0.2, 0.25) is 5.91 Å². The van der Waals surface area contributed by atoms with Gasteiger partial charge in [-0.25, -0.2) is 0 Å². The molecule has 18 heavy (non-hydrogen) atoms. The molecule has 1 aromatic rings. The van der Waals surface area contributed by atoms with Gasteiger partial charge in [0, 0.05) is 18.4 Å². The number of anilines is 2. The summed E-state index contributed by atoms with van der Waals surface area (Å²) in [4.78, 5) is 11.2. The van der Waals surface area contributed by atoms with E-state index in [1.54, 1.807) is 6.92 Å². The lowest BCUT2D eigenvalue weighted by Crippen LogP contribution is -2.35. The van der Waals surface area contributed by atoms with Gasteiger partial charge in [-0.3, -0.25) is 4.79 Å². The van der Waals surface area contributed by atoms with Crippen molar-refractivity contribution in [2.24, 2.45) is 0 Å². The molecule has 1 amide bonds. The number of nitrogen functional groups attached to an aromatic ring is 1. The number of carbonyl (C=O) groups is 1. The molecule has 7 heteroatoms. The summed E-state index contributed by atoms with van der Waals surface area (Å²) in [7, 11) is 1.45. The van der Waals surface area contributed by atoms with Crippen LogP contribution in [0.25, 0.3) is 0 Å². The molecule has 1 aromatic carbocycles. The summed E-state index contributed by atoms with van der Waals surface area (Å²) in [5.41, 5.74) is 4.19. The van der Waals surface area contributed by atoms with E-state index < -0.39 is 17.8 Å². The Balaban J connectivity index is 2.96. The first-order chi connectivity index (χ1) is 8.25. The normalized spacial score (nSPS) is 12.9. The molecule has 0 saturated carbocycles. The first-order valence-corrected chi connectivity index (χ1v) is 5.20. The molecule has 0 spiro atoms. The highest BCUT2D eigenvalue weighted by molar-refractivity contribution is 5.84. The number of alkyl halides is 3. The van der Waals surface area contributed by atoms with E-state index in [2.05, 4.69) is 10.6 Å². The number of nitrogens with one attached hydrogen (secondary N) is 2. The summed E-state index contributed by atoms with van der Waals surface area (Å²) >= 11 is 0. The maximum absolute atomic E-state index is 12.6. The van der Waals surface area contributed by atoms with E-state index in [1.165, 1.54) is 13.1 Å². The Hall–Kier alpha value is -1.92. The number of amides is 1. The zero-order valence-corrected chi connectivity index (χ0v) is 9.93. The van der Waals surface area contributed by atoms with Crippen LogP contribution in [0.5, 0.6) is 0 Å². The van der Waals surface area contributed by atoms with E-state index in [9.17, 15) is 18.0 Å². The fourth-order valence-corrected chi connectivity index (χ4v) is 1.42. The van der Waals surface area contributed by atoms with Gasteiger partial charge in [-0.1, -0.05) is 0 Å². The van der Waals surface area contributed by atoms with Gasteiger partial charge in [0.1, 0.15) is 6.04 Å². The summed E-state index contributed by atoms with van der Waals surface area (Å²) in [5, 5.41) is 5.06. The predicted octanol–water partition coefficient (Wildman–Crippen LogP) is 1.83. The van der Waals surface area contributed by atoms with Gasteiger partial charge >= 0.3 is 6.18 Å². The van der Waals surface area contributed by atoms with Crippen LogP contribution >= 0.6 is 0 Å². The van der Waals surface area contributed by atoms with Gasteiger partial charge in [0.05, 0.1) is 5.56 Å². The molecule has 4 N–H and O–H groups in total. The number of rotatable bonds is 3. The summed E-state index contributed by atoms with van der Waals surface area (Å²) in [6.45, 7) is 1.54. The van der Waals surface area contributed by atoms with E-state index in [4.69, 9.17) is 5.73 Å². The minimum Gasteiger partial charge on any atom is -0.398 e. The second-order valence-corrected chi connectivity index (χ2v) is 3.78. The van der Waals surface area contributed by atoms with Crippen LogP contribution in [0.4, 0.5) is 24.5 Å². The lowest BCUT2D eigenvalue weighted by molar-refractivity contribution is -0.136. The minimum atomic E-state index is -4.52. The SMILES string of the molecule is CNC(=O)C(C)Nc1ccc(N)c(C(F)(F)F)c1. The van der Waals surface area contributed by atoms with Gasteiger partial charge in [-0.05, 0) is 25.1 Å². The number of hydrogen-bond donors (Lipinski definition) is 3. The van der Waals surface area contributed by atoms with E-state index >= 15 is 0 Å². The molecule has 1 unspecified atom stereocenters. The van der Waals surface area contributed by atoms with Crippen molar-refractivity contribution >= 4 is 17.3 Å². The molecular weight excluding hydrogens is 247 g/mol. The zero-order valence-electron chi connectivity index (χ0n) is 9.93. The van der Waals surface area contributed by atoms with Crippen LogP contribution in [-0.4, -0.2) is 19.0 Å². The Morgan fingerprint density at radius 2 is 2.00 bits per heavy atom. The van der Waals surface area contributed by atoms with Crippen LogP contribution in [0.15, 0.2) is 18.2 Å². The number of nitrogens with two attached hydrogens (primary N) is 1. The number of benzene rings is 1. The van der Waals surface area contributed by atoms with Crippen molar-refractivity contribution in [3.63, 3.8) is 0 Å². The average molecular weight is 261 g/mol. The van der Waals surface area contributed by atoms with Crippen LogP contribution in [0, 0.1) is 0 Å². The number of halogens is 3. The van der Waals surface area contributed by atoms with Crippen molar-refractivity contribution in [2.45, 2.75) is 19.1 Å². The lowest BCUT2D eigenvalue weighted by atomic mass is 10.1. The Morgan fingerprint density at radius 3 is 2.50 bits per heavy atom. The first-order valence-electron chi connectivity index (χ1n) is 5.20. The Labute approximate surface area is 102 Å². The van der Waals surface area contributed by atoms with Gasteiger partial charge < -0.3 is 16.4 Å². The zero-order chi connectivity index (χ0) is 13.9. The quantitative estimate of drug-likeness (QED) is 0.727. The largest absolute Gasteiger partial charge is 0.418 e. The lowest BCUT2D eigenvalue weighted by Gasteiger charge is -2.16. The summed E-state index contributed by atoms with van der Waals surface area (Å²) < 4.78 is 37.8. The van der Waals surface area contributed by atoms with Crippen molar-refractivity contribution < 1.29 is 18.0 Å². The fourth-order valence-electron chi connectivity index (χ4n) is 1.42. The van der Waals surface area contributed by atoms with Crippen molar-refractivity contribution in [2.75, 3.05) is 18.1 Å². The van der Waals surface area contributed by atoms with Crippen molar-refractivity contribution in [3.8, 4) is 0 Å². The number of carbonyl (C=O) groups excluding carboxylic acids is 1. The van der Waals surface area contributed by atoms with Gasteiger partial charge in [-0.2, -0.15) is 13.2 Å². The molecule has 100 valence electrons. The monoisotopic (exact) mass is 261 g/mol. The van der Waals surface area contributed by atoms with Gasteiger partial charge in [0.15, 0.2) is 0 Å². The molecule has 0 bridgehead atoms. The van der Waals surface area contributed by atoms with Crippen LogP contribution in [0.2, 0.25) is 0 Å². The molecule has 0 aromatic heterocycles. The number of hydrogen-bond acceptors (Lipinski definition) is 3. The third-order valence-electron chi connectivity index (χ3n) is 2.38. The Bertz CT molecular complexity index is 446. The van der Waals surface area contributed by atoms with Crippen molar-refractivity contribution in [1.29, 1.82) is 0 Å². The first kappa shape index (κ1) is 14.1. The molecule has 0 saturated heterocycles. The molecule has 0 radical (unpaired) electrons.